The second-order valence-electron chi connectivity index (χ2n) is 2.76. The molecule has 7 heteroatoms. The van der Waals surface area contributed by atoms with Gasteiger partial charge in [-0.1, -0.05) is 11.6 Å². The molecule has 0 aliphatic carbocycles. The Labute approximate surface area is 96.2 Å². The van der Waals surface area contributed by atoms with Gasteiger partial charge in [0.05, 0.1) is 17.9 Å². The van der Waals surface area contributed by atoms with Gasteiger partial charge < -0.3 is 4.74 Å². The highest BCUT2D eigenvalue weighted by Crippen LogP contribution is 2.31. The van der Waals surface area contributed by atoms with Crippen molar-refractivity contribution in [3.63, 3.8) is 0 Å². The van der Waals surface area contributed by atoms with E-state index in [1.54, 1.807) is 0 Å². The van der Waals surface area contributed by atoms with Crippen LogP contribution in [0.15, 0.2) is 12.1 Å². The minimum Gasteiger partial charge on any atom is -0.495 e. The van der Waals surface area contributed by atoms with Crippen LogP contribution in [0.5, 0.6) is 5.75 Å². The van der Waals surface area contributed by atoms with Gasteiger partial charge in [0, 0.05) is 16.2 Å². The average Bonchev–Trinajstić information content (AvgIpc) is 1.99. The van der Waals surface area contributed by atoms with E-state index in [-0.39, 0.29) is 16.3 Å². The second kappa shape index (κ2) is 4.55. The summed E-state index contributed by atoms with van der Waals surface area (Å²) in [6, 6.07) is 2.05. The van der Waals surface area contributed by atoms with E-state index in [4.69, 9.17) is 27.0 Å². The number of rotatable bonds is 3. The van der Waals surface area contributed by atoms with E-state index < -0.39 is 20.6 Å². The number of halogens is 3. The van der Waals surface area contributed by atoms with E-state index in [0.717, 1.165) is 12.1 Å². The zero-order chi connectivity index (χ0) is 11.6. The molecule has 0 amide bonds. The molecule has 15 heavy (non-hydrogen) atoms. The number of ether oxygens (including phenoxy) is 1. The van der Waals surface area contributed by atoms with Crippen LogP contribution in [-0.2, 0) is 14.8 Å². The van der Waals surface area contributed by atoms with E-state index in [2.05, 4.69) is 0 Å². The van der Waals surface area contributed by atoms with Gasteiger partial charge in [0.1, 0.15) is 11.6 Å². The van der Waals surface area contributed by atoms with Gasteiger partial charge in [-0.25, -0.2) is 12.8 Å². The van der Waals surface area contributed by atoms with Crippen molar-refractivity contribution in [1.29, 1.82) is 0 Å². The van der Waals surface area contributed by atoms with E-state index in [1.807, 2.05) is 0 Å². The lowest BCUT2D eigenvalue weighted by Gasteiger charge is -2.08. The predicted octanol–water partition coefficient (Wildman–Crippen LogP) is 2.56. The summed E-state index contributed by atoms with van der Waals surface area (Å²) >= 11 is 5.66. The topological polar surface area (TPSA) is 43.4 Å². The zero-order valence-electron chi connectivity index (χ0n) is 7.63. The molecule has 0 atom stereocenters. The van der Waals surface area contributed by atoms with Gasteiger partial charge in [0.2, 0.25) is 9.05 Å². The second-order valence-corrected chi connectivity index (χ2v) is 5.95. The fourth-order valence-corrected chi connectivity index (χ4v) is 2.38. The van der Waals surface area contributed by atoms with Crippen molar-refractivity contribution in [2.75, 3.05) is 7.11 Å². The van der Waals surface area contributed by atoms with Crippen molar-refractivity contribution >= 4 is 31.3 Å². The smallest absolute Gasteiger partial charge is 0.236 e. The van der Waals surface area contributed by atoms with Crippen LogP contribution in [0.25, 0.3) is 0 Å². The summed E-state index contributed by atoms with van der Waals surface area (Å²) in [6.07, 6.45) is 0. The molecular formula is C8H7Cl2FO3S. The SMILES string of the molecule is COc1c(Cl)cc(F)cc1CS(=O)(=O)Cl. The van der Waals surface area contributed by atoms with E-state index in [9.17, 15) is 12.8 Å². The molecule has 0 radical (unpaired) electrons. The average molecular weight is 273 g/mol. The van der Waals surface area contributed by atoms with Crippen LogP contribution in [0.4, 0.5) is 4.39 Å². The highest BCUT2D eigenvalue weighted by atomic mass is 35.7. The van der Waals surface area contributed by atoms with Crippen molar-refractivity contribution in [2.45, 2.75) is 5.75 Å². The highest BCUT2D eigenvalue weighted by Gasteiger charge is 2.16. The van der Waals surface area contributed by atoms with Crippen molar-refractivity contribution in [3.8, 4) is 5.75 Å². The van der Waals surface area contributed by atoms with Gasteiger partial charge in [-0.3, -0.25) is 0 Å². The third kappa shape index (κ3) is 3.52. The Balaban J connectivity index is 3.27. The number of hydrogen-bond donors (Lipinski definition) is 0. The van der Waals surface area contributed by atoms with E-state index in [0.29, 0.717) is 0 Å². The standard InChI is InChI=1S/C8H7Cl2FO3S/c1-14-8-5(4-15(10,12)13)2-6(11)3-7(8)9/h2-3H,4H2,1H3. The third-order valence-corrected chi connectivity index (χ3v) is 2.88. The molecule has 84 valence electrons. The monoisotopic (exact) mass is 272 g/mol. The maximum absolute atomic E-state index is 12.9. The molecular weight excluding hydrogens is 266 g/mol. The van der Waals surface area contributed by atoms with Crippen molar-refractivity contribution in [2.24, 2.45) is 0 Å². The summed E-state index contributed by atoms with van der Waals surface area (Å²) in [7, 11) is 2.59. The first-order valence-corrected chi connectivity index (χ1v) is 6.63. The normalized spacial score (nSPS) is 11.5. The molecule has 0 aliphatic rings. The van der Waals surface area contributed by atoms with Crippen LogP contribution in [0.3, 0.4) is 0 Å². The summed E-state index contributed by atoms with van der Waals surface area (Å²) in [5.74, 6) is -1.06. The van der Waals surface area contributed by atoms with Crippen molar-refractivity contribution in [1.82, 2.24) is 0 Å². The Kier molecular flexibility index (Phi) is 3.81. The van der Waals surface area contributed by atoms with Crippen LogP contribution in [0.2, 0.25) is 5.02 Å². The predicted molar refractivity (Wildman–Crippen MR) is 56.4 cm³/mol. The van der Waals surface area contributed by atoms with E-state index in [1.165, 1.54) is 7.11 Å². The van der Waals surface area contributed by atoms with Crippen LogP contribution >= 0.6 is 22.3 Å². The van der Waals surface area contributed by atoms with Gasteiger partial charge >= 0.3 is 0 Å². The minimum absolute atomic E-state index is 0.00724. The lowest BCUT2D eigenvalue weighted by molar-refractivity contribution is 0.410. The maximum Gasteiger partial charge on any atom is 0.236 e. The third-order valence-electron chi connectivity index (χ3n) is 1.62. The van der Waals surface area contributed by atoms with Crippen LogP contribution in [-0.4, -0.2) is 15.5 Å². The summed E-state index contributed by atoms with van der Waals surface area (Å²) < 4.78 is 39.5. The number of benzene rings is 1. The molecule has 1 aromatic rings. The first kappa shape index (κ1) is 12.5. The highest BCUT2D eigenvalue weighted by molar-refractivity contribution is 8.13. The largest absolute Gasteiger partial charge is 0.495 e. The Morgan fingerprint density at radius 3 is 2.53 bits per heavy atom. The summed E-state index contributed by atoms with van der Waals surface area (Å²) in [6.45, 7) is 0. The molecule has 3 nitrogen and oxygen atoms in total. The van der Waals surface area contributed by atoms with Crippen molar-refractivity contribution < 1.29 is 17.5 Å². The molecule has 0 aromatic heterocycles. The fourth-order valence-electron chi connectivity index (χ4n) is 1.14. The lowest BCUT2D eigenvalue weighted by Crippen LogP contribution is -2.00. The molecule has 0 bridgehead atoms. The van der Waals surface area contributed by atoms with Crippen LogP contribution in [0, 0.1) is 5.82 Å². The Morgan fingerprint density at radius 2 is 2.07 bits per heavy atom. The lowest BCUT2D eigenvalue weighted by atomic mass is 10.2. The molecule has 1 rings (SSSR count). The molecule has 0 saturated heterocycles. The molecule has 0 saturated carbocycles. The summed E-state index contributed by atoms with van der Waals surface area (Å²) in [5, 5.41) is 0.00724. The molecule has 0 unspecified atom stereocenters. The quantitative estimate of drug-likeness (QED) is 0.795. The van der Waals surface area contributed by atoms with Gasteiger partial charge in [-0.05, 0) is 12.1 Å². The number of hydrogen-bond acceptors (Lipinski definition) is 3. The first-order valence-electron chi connectivity index (χ1n) is 3.77. The molecule has 0 heterocycles. The molecule has 0 spiro atoms. The van der Waals surface area contributed by atoms with E-state index >= 15 is 0 Å². The van der Waals surface area contributed by atoms with Gasteiger partial charge in [-0.15, -0.1) is 0 Å². The molecule has 1 aromatic carbocycles. The van der Waals surface area contributed by atoms with Crippen molar-refractivity contribution in [3.05, 3.63) is 28.5 Å². The zero-order valence-corrected chi connectivity index (χ0v) is 9.96. The van der Waals surface area contributed by atoms with Gasteiger partial charge in [-0.2, -0.15) is 0 Å². The summed E-state index contributed by atoms with van der Waals surface area (Å²) in [4.78, 5) is 0. The molecule has 0 aliphatic heterocycles. The van der Waals surface area contributed by atoms with Crippen LogP contribution in [0.1, 0.15) is 5.56 Å². The Morgan fingerprint density at radius 1 is 1.47 bits per heavy atom. The minimum atomic E-state index is -3.78. The Bertz CT molecular complexity index is 473. The maximum atomic E-state index is 12.9. The fraction of sp³-hybridized carbons (Fsp3) is 0.250. The van der Waals surface area contributed by atoms with Gasteiger partial charge in [0.15, 0.2) is 0 Å². The molecule has 0 N–H and O–H groups in total. The summed E-state index contributed by atoms with van der Waals surface area (Å²) in [5.41, 5.74) is 0.0949. The number of methoxy groups -OCH3 is 1. The van der Waals surface area contributed by atoms with Gasteiger partial charge in [0.25, 0.3) is 0 Å². The van der Waals surface area contributed by atoms with Crippen LogP contribution < -0.4 is 4.74 Å². The first-order chi connectivity index (χ1) is 6.83. The molecule has 0 fully saturated rings. The Hall–Kier alpha value is -0.520.